The molecule has 0 saturated heterocycles. The van der Waals surface area contributed by atoms with Gasteiger partial charge in [-0.25, -0.2) is 9.97 Å². The number of nitrogen functional groups attached to an aromatic ring is 1. The Bertz CT molecular complexity index is 787. The number of benzene rings is 2. The van der Waals surface area contributed by atoms with E-state index in [1.165, 1.54) is 13.2 Å². The Labute approximate surface area is 115 Å². The van der Waals surface area contributed by atoms with Crippen LogP contribution in [0.2, 0.25) is 0 Å². The van der Waals surface area contributed by atoms with Gasteiger partial charge in [-0.2, -0.15) is 0 Å². The van der Waals surface area contributed by atoms with Gasteiger partial charge in [0.15, 0.2) is 5.82 Å². The molecule has 2 aromatic carbocycles. The first kappa shape index (κ1) is 12.2. The van der Waals surface area contributed by atoms with Gasteiger partial charge in [0, 0.05) is 11.5 Å². The molecule has 0 amide bonds. The molecule has 1 heterocycles. The molecule has 20 heavy (non-hydrogen) atoms. The molecule has 5 nitrogen and oxygen atoms in total. The van der Waals surface area contributed by atoms with E-state index >= 15 is 0 Å². The molecular weight excluding hydrogens is 254 g/mol. The highest BCUT2D eigenvalue weighted by Crippen LogP contribution is 2.32. The molecule has 0 radical (unpaired) electrons. The predicted molar refractivity (Wildman–Crippen MR) is 77.6 cm³/mol. The number of phenols is 1. The topological polar surface area (TPSA) is 81.3 Å². The summed E-state index contributed by atoms with van der Waals surface area (Å²) in [6.07, 6.45) is 0. The zero-order valence-corrected chi connectivity index (χ0v) is 10.9. The van der Waals surface area contributed by atoms with E-state index in [1.807, 2.05) is 24.3 Å². The Morgan fingerprint density at radius 2 is 1.90 bits per heavy atom. The molecule has 0 aliphatic rings. The monoisotopic (exact) mass is 267 g/mol. The largest absolute Gasteiger partial charge is 0.508 e. The first-order chi connectivity index (χ1) is 9.69. The van der Waals surface area contributed by atoms with Crippen molar-refractivity contribution in [3.05, 3.63) is 42.5 Å². The number of aromatic nitrogens is 2. The van der Waals surface area contributed by atoms with Gasteiger partial charge in [-0.05, 0) is 24.3 Å². The van der Waals surface area contributed by atoms with E-state index in [9.17, 15) is 5.11 Å². The SMILES string of the molecule is COc1cc(O)ccc1-c1nc(N)c2ccccc2n1. The quantitative estimate of drug-likeness (QED) is 0.745. The maximum Gasteiger partial charge on any atom is 0.165 e. The van der Waals surface area contributed by atoms with Crippen LogP contribution in [-0.2, 0) is 0 Å². The van der Waals surface area contributed by atoms with E-state index in [4.69, 9.17) is 10.5 Å². The van der Waals surface area contributed by atoms with E-state index in [-0.39, 0.29) is 5.75 Å². The molecule has 0 spiro atoms. The zero-order valence-electron chi connectivity index (χ0n) is 10.9. The number of nitrogens with two attached hydrogens (primary N) is 1. The molecule has 5 heteroatoms. The van der Waals surface area contributed by atoms with Crippen LogP contribution in [0.15, 0.2) is 42.5 Å². The fourth-order valence-electron chi connectivity index (χ4n) is 2.09. The minimum atomic E-state index is 0.124. The van der Waals surface area contributed by atoms with Crippen LogP contribution in [0.5, 0.6) is 11.5 Å². The molecule has 3 N–H and O–H groups in total. The Kier molecular flexibility index (Phi) is 2.87. The highest BCUT2D eigenvalue weighted by atomic mass is 16.5. The number of nitrogens with zero attached hydrogens (tertiary/aromatic N) is 2. The van der Waals surface area contributed by atoms with E-state index < -0.39 is 0 Å². The average molecular weight is 267 g/mol. The summed E-state index contributed by atoms with van der Waals surface area (Å²) in [5.41, 5.74) is 7.43. The number of hydrogen-bond acceptors (Lipinski definition) is 5. The van der Waals surface area contributed by atoms with Gasteiger partial charge < -0.3 is 15.6 Å². The van der Waals surface area contributed by atoms with Crippen molar-refractivity contribution in [1.82, 2.24) is 9.97 Å². The first-order valence-corrected chi connectivity index (χ1v) is 6.08. The number of methoxy groups -OCH3 is 1. The number of anilines is 1. The summed E-state index contributed by atoms with van der Waals surface area (Å²) in [7, 11) is 1.53. The third-order valence-corrected chi connectivity index (χ3v) is 3.06. The van der Waals surface area contributed by atoms with Crippen molar-refractivity contribution in [3.8, 4) is 22.9 Å². The van der Waals surface area contributed by atoms with Crippen LogP contribution in [0.1, 0.15) is 0 Å². The molecule has 0 aliphatic heterocycles. The van der Waals surface area contributed by atoms with Crippen molar-refractivity contribution in [2.24, 2.45) is 0 Å². The zero-order chi connectivity index (χ0) is 14.1. The number of aromatic hydroxyl groups is 1. The maximum atomic E-state index is 9.50. The van der Waals surface area contributed by atoms with Crippen LogP contribution >= 0.6 is 0 Å². The molecular formula is C15H13N3O2. The van der Waals surface area contributed by atoms with Crippen LogP contribution in [0.3, 0.4) is 0 Å². The van der Waals surface area contributed by atoms with E-state index in [0.717, 1.165) is 10.9 Å². The summed E-state index contributed by atoms with van der Waals surface area (Å²) >= 11 is 0. The Balaban J connectivity index is 2.25. The normalized spacial score (nSPS) is 10.7. The van der Waals surface area contributed by atoms with Gasteiger partial charge in [0.2, 0.25) is 0 Å². The number of phenolic OH excluding ortho intramolecular Hbond substituents is 1. The summed E-state index contributed by atoms with van der Waals surface area (Å²) in [5.74, 6) is 1.51. The second kappa shape index (κ2) is 4.70. The van der Waals surface area contributed by atoms with E-state index in [2.05, 4.69) is 9.97 Å². The molecule has 0 bridgehead atoms. The molecule has 0 saturated carbocycles. The van der Waals surface area contributed by atoms with Crippen LogP contribution in [0.4, 0.5) is 5.82 Å². The van der Waals surface area contributed by atoms with Crippen molar-refractivity contribution in [2.45, 2.75) is 0 Å². The molecule has 100 valence electrons. The van der Waals surface area contributed by atoms with Gasteiger partial charge in [0.25, 0.3) is 0 Å². The lowest BCUT2D eigenvalue weighted by molar-refractivity contribution is 0.409. The third kappa shape index (κ3) is 1.99. The molecule has 0 fully saturated rings. The minimum Gasteiger partial charge on any atom is -0.508 e. The maximum absolute atomic E-state index is 9.50. The van der Waals surface area contributed by atoms with Crippen LogP contribution < -0.4 is 10.5 Å². The van der Waals surface area contributed by atoms with Gasteiger partial charge in [0.05, 0.1) is 18.2 Å². The third-order valence-electron chi connectivity index (χ3n) is 3.06. The van der Waals surface area contributed by atoms with Gasteiger partial charge in [-0.15, -0.1) is 0 Å². The van der Waals surface area contributed by atoms with Crippen molar-refractivity contribution in [2.75, 3.05) is 12.8 Å². The predicted octanol–water partition coefficient (Wildman–Crippen LogP) is 2.59. The van der Waals surface area contributed by atoms with Crippen molar-refractivity contribution >= 4 is 16.7 Å². The number of rotatable bonds is 2. The lowest BCUT2D eigenvalue weighted by Crippen LogP contribution is -1.99. The molecule has 3 rings (SSSR count). The van der Waals surface area contributed by atoms with E-state index in [1.54, 1.807) is 12.1 Å². The molecule has 3 aromatic rings. The van der Waals surface area contributed by atoms with Crippen molar-refractivity contribution in [1.29, 1.82) is 0 Å². The lowest BCUT2D eigenvalue weighted by Gasteiger charge is -2.09. The Hall–Kier alpha value is -2.82. The molecule has 0 unspecified atom stereocenters. The summed E-state index contributed by atoms with van der Waals surface area (Å²) in [5, 5.41) is 10.3. The van der Waals surface area contributed by atoms with Crippen LogP contribution in [0.25, 0.3) is 22.3 Å². The Morgan fingerprint density at radius 3 is 2.70 bits per heavy atom. The van der Waals surface area contributed by atoms with Crippen LogP contribution in [-0.4, -0.2) is 22.2 Å². The van der Waals surface area contributed by atoms with Gasteiger partial charge in [-0.3, -0.25) is 0 Å². The van der Waals surface area contributed by atoms with E-state index in [0.29, 0.717) is 23.0 Å². The first-order valence-electron chi connectivity index (χ1n) is 6.08. The average Bonchev–Trinajstić information content (AvgIpc) is 2.47. The highest BCUT2D eigenvalue weighted by molar-refractivity contribution is 5.89. The number of ether oxygens (including phenoxy) is 1. The standard InChI is InChI=1S/C15H13N3O2/c1-20-13-8-9(19)6-7-11(13)15-17-12-5-3-2-4-10(12)14(16)18-15/h2-8,19H,1H3,(H2,16,17,18). The Morgan fingerprint density at radius 1 is 1.10 bits per heavy atom. The molecule has 1 aromatic heterocycles. The lowest BCUT2D eigenvalue weighted by atomic mass is 10.1. The minimum absolute atomic E-state index is 0.124. The van der Waals surface area contributed by atoms with Gasteiger partial charge >= 0.3 is 0 Å². The summed E-state index contributed by atoms with van der Waals surface area (Å²) in [4.78, 5) is 8.81. The van der Waals surface area contributed by atoms with Crippen molar-refractivity contribution in [3.63, 3.8) is 0 Å². The second-order valence-electron chi connectivity index (χ2n) is 4.33. The summed E-state index contributed by atoms with van der Waals surface area (Å²) < 4.78 is 5.25. The van der Waals surface area contributed by atoms with Gasteiger partial charge in [0.1, 0.15) is 17.3 Å². The van der Waals surface area contributed by atoms with Crippen molar-refractivity contribution < 1.29 is 9.84 Å². The number of para-hydroxylation sites is 1. The molecule has 0 atom stereocenters. The molecule has 0 aliphatic carbocycles. The number of fused-ring (bicyclic) bond motifs is 1. The highest BCUT2D eigenvalue weighted by Gasteiger charge is 2.12. The fraction of sp³-hybridized carbons (Fsp3) is 0.0667. The summed E-state index contributed by atoms with van der Waals surface area (Å²) in [6, 6.07) is 12.3. The smallest absolute Gasteiger partial charge is 0.165 e. The van der Waals surface area contributed by atoms with Crippen LogP contribution in [0, 0.1) is 0 Å². The summed E-state index contributed by atoms with van der Waals surface area (Å²) in [6.45, 7) is 0. The fourth-order valence-corrected chi connectivity index (χ4v) is 2.09. The van der Waals surface area contributed by atoms with Gasteiger partial charge in [-0.1, -0.05) is 12.1 Å². The number of hydrogen-bond donors (Lipinski definition) is 2. The second-order valence-corrected chi connectivity index (χ2v) is 4.33.